The van der Waals surface area contributed by atoms with Crippen molar-refractivity contribution in [2.24, 2.45) is 11.6 Å². The molecule has 2 aromatic rings. The molecule has 0 bridgehead atoms. The highest BCUT2D eigenvalue weighted by molar-refractivity contribution is 5.90. The van der Waals surface area contributed by atoms with Crippen molar-refractivity contribution in [1.82, 2.24) is 26.1 Å². The van der Waals surface area contributed by atoms with Crippen molar-refractivity contribution in [3.8, 4) is 0 Å². The standard InChI is InChI=1S/C28H39N7O7/c1-28(2,3)42-19-22(32-27(40)34(30)17-20-10-6-4-7-11-20)25(38)31-16-23(36)33-35(26(29)39)15-14-24(37)41-18-21-12-8-5-9-13-21/h4-13,22H,14-19,30H2,1-3H3,(H2,29,39)(H,31,38)(H,32,40)(H,33,36)/t22-/m0/s1. The van der Waals surface area contributed by atoms with Crippen molar-refractivity contribution in [2.45, 2.75) is 52.0 Å². The molecular formula is C28H39N7O7. The number of nitrogens with one attached hydrogen (secondary N) is 3. The first-order valence-electron chi connectivity index (χ1n) is 13.2. The van der Waals surface area contributed by atoms with Gasteiger partial charge in [-0.05, 0) is 31.9 Å². The number of amides is 6. The normalized spacial score (nSPS) is 11.5. The van der Waals surface area contributed by atoms with Crippen molar-refractivity contribution in [3.05, 3.63) is 71.8 Å². The van der Waals surface area contributed by atoms with Crippen LogP contribution in [0.5, 0.6) is 0 Å². The summed E-state index contributed by atoms with van der Waals surface area (Å²) in [6.07, 6.45) is -0.237. The zero-order valence-corrected chi connectivity index (χ0v) is 24.0. The second-order valence-corrected chi connectivity index (χ2v) is 10.2. The predicted octanol–water partition coefficient (Wildman–Crippen LogP) is 0.917. The Kier molecular flexibility index (Phi) is 13.2. The number of rotatable bonds is 13. The molecule has 0 aliphatic heterocycles. The smallest absolute Gasteiger partial charge is 0.333 e. The maximum atomic E-state index is 12.9. The van der Waals surface area contributed by atoms with E-state index in [2.05, 4.69) is 16.1 Å². The van der Waals surface area contributed by atoms with Gasteiger partial charge in [0.05, 0.1) is 38.3 Å². The van der Waals surface area contributed by atoms with Crippen LogP contribution in [-0.4, -0.2) is 71.2 Å². The van der Waals surface area contributed by atoms with Crippen molar-refractivity contribution in [3.63, 3.8) is 0 Å². The van der Waals surface area contributed by atoms with E-state index in [1.54, 1.807) is 69.3 Å². The second-order valence-electron chi connectivity index (χ2n) is 10.2. The molecule has 0 fully saturated rings. The quantitative estimate of drug-likeness (QED) is 0.0989. The van der Waals surface area contributed by atoms with E-state index in [1.165, 1.54) is 0 Å². The molecule has 0 saturated carbocycles. The Morgan fingerprint density at radius 1 is 0.929 bits per heavy atom. The molecule has 0 radical (unpaired) electrons. The van der Waals surface area contributed by atoms with E-state index in [0.29, 0.717) is 0 Å². The average Bonchev–Trinajstić information content (AvgIpc) is 2.95. The fraction of sp³-hybridized carbons (Fsp3) is 0.393. The van der Waals surface area contributed by atoms with Crippen LogP contribution in [0.15, 0.2) is 60.7 Å². The summed E-state index contributed by atoms with van der Waals surface area (Å²) in [6, 6.07) is 15.1. The van der Waals surface area contributed by atoms with Gasteiger partial charge in [-0.25, -0.2) is 20.4 Å². The van der Waals surface area contributed by atoms with Gasteiger partial charge in [-0.1, -0.05) is 60.7 Å². The number of hydrogen-bond donors (Lipinski definition) is 5. The number of nitrogens with two attached hydrogens (primary N) is 2. The molecule has 6 amide bonds. The van der Waals surface area contributed by atoms with Gasteiger partial charge in [-0.15, -0.1) is 0 Å². The summed E-state index contributed by atoms with van der Waals surface area (Å²) in [5.41, 5.74) is 8.49. The van der Waals surface area contributed by atoms with Crippen LogP contribution in [0.2, 0.25) is 0 Å². The van der Waals surface area contributed by atoms with Gasteiger partial charge in [0, 0.05) is 0 Å². The third kappa shape index (κ3) is 13.1. The van der Waals surface area contributed by atoms with Crippen LogP contribution in [-0.2, 0) is 37.0 Å². The molecule has 0 aliphatic carbocycles. The Morgan fingerprint density at radius 3 is 2.10 bits per heavy atom. The van der Waals surface area contributed by atoms with Gasteiger partial charge >= 0.3 is 18.0 Å². The van der Waals surface area contributed by atoms with Crippen molar-refractivity contribution in [1.29, 1.82) is 0 Å². The van der Waals surface area contributed by atoms with Crippen LogP contribution >= 0.6 is 0 Å². The van der Waals surface area contributed by atoms with Crippen molar-refractivity contribution in [2.75, 3.05) is 19.7 Å². The Morgan fingerprint density at radius 2 is 1.52 bits per heavy atom. The Labute approximate surface area is 244 Å². The summed E-state index contributed by atoms with van der Waals surface area (Å²) in [5.74, 6) is 3.75. The van der Waals surface area contributed by atoms with Gasteiger partial charge in [-0.3, -0.25) is 24.8 Å². The van der Waals surface area contributed by atoms with Gasteiger partial charge < -0.3 is 25.8 Å². The number of hydrogen-bond acceptors (Lipinski definition) is 8. The molecule has 0 unspecified atom stereocenters. The number of carbonyl (C=O) groups excluding carboxylic acids is 5. The minimum absolute atomic E-state index is 0.0550. The molecule has 1 atom stereocenters. The van der Waals surface area contributed by atoms with E-state index >= 15 is 0 Å². The van der Waals surface area contributed by atoms with Crippen LogP contribution in [0.1, 0.15) is 38.3 Å². The Balaban J connectivity index is 1.88. The predicted molar refractivity (Wildman–Crippen MR) is 152 cm³/mol. The number of ether oxygens (including phenoxy) is 2. The molecule has 42 heavy (non-hydrogen) atoms. The van der Waals surface area contributed by atoms with Crippen LogP contribution in [0.4, 0.5) is 9.59 Å². The summed E-state index contributed by atoms with van der Waals surface area (Å²) in [5, 5.41) is 6.53. The zero-order valence-electron chi connectivity index (χ0n) is 24.0. The van der Waals surface area contributed by atoms with E-state index in [1.807, 2.05) is 12.1 Å². The van der Waals surface area contributed by atoms with E-state index in [4.69, 9.17) is 21.1 Å². The molecule has 2 rings (SSSR count). The summed E-state index contributed by atoms with van der Waals surface area (Å²) < 4.78 is 10.8. The molecule has 0 spiro atoms. The van der Waals surface area contributed by atoms with Gasteiger partial charge in [0.2, 0.25) is 5.91 Å². The molecule has 228 valence electrons. The highest BCUT2D eigenvalue weighted by atomic mass is 16.5. The first-order chi connectivity index (χ1) is 19.8. The first kappa shape index (κ1) is 33.5. The van der Waals surface area contributed by atoms with E-state index in [9.17, 15) is 24.0 Å². The van der Waals surface area contributed by atoms with Crippen molar-refractivity contribution < 1.29 is 33.4 Å². The average molecular weight is 586 g/mol. The molecule has 7 N–H and O–H groups in total. The lowest BCUT2D eigenvalue weighted by Crippen LogP contribution is -2.57. The third-order valence-corrected chi connectivity index (χ3v) is 5.48. The van der Waals surface area contributed by atoms with Gasteiger partial charge in [0.25, 0.3) is 5.91 Å². The molecule has 14 nitrogen and oxygen atoms in total. The maximum absolute atomic E-state index is 12.9. The lowest BCUT2D eigenvalue weighted by Gasteiger charge is -2.26. The summed E-state index contributed by atoms with van der Waals surface area (Å²) in [4.78, 5) is 61.9. The second kappa shape index (κ2) is 16.5. The van der Waals surface area contributed by atoms with E-state index in [0.717, 1.165) is 21.1 Å². The number of hydrazine groups is 2. The summed E-state index contributed by atoms with van der Waals surface area (Å²) >= 11 is 0. The van der Waals surface area contributed by atoms with Crippen LogP contribution in [0.25, 0.3) is 0 Å². The number of urea groups is 2. The molecule has 2 aromatic carbocycles. The number of primary amides is 1. The lowest BCUT2D eigenvalue weighted by molar-refractivity contribution is -0.145. The monoisotopic (exact) mass is 585 g/mol. The number of esters is 1. The van der Waals surface area contributed by atoms with Crippen LogP contribution in [0, 0.1) is 0 Å². The molecule has 0 aliphatic rings. The third-order valence-electron chi connectivity index (χ3n) is 5.48. The summed E-state index contributed by atoms with van der Waals surface area (Å²) in [7, 11) is 0. The maximum Gasteiger partial charge on any atom is 0.333 e. The van der Waals surface area contributed by atoms with Gasteiger partial charge in [0.1, 0.15) is 12.6 Å². The SMILES string of the molecule is CC(C)(C)OC[C@H](NC(=O)N(N)Cc1ccccc1)C(=O)NCC(=O)NN(CCC(=O)OCc1ccccc1)C(N)=O. The van der Waals surface area contributed by atoms with Crippen LogP contribution in [0.3, 0.4) is 0 Å². The van der Waals surface area contributed by atoms with Crippen molar-refractivity contribution >= 4 is 29.8 Å². The van der Waals surface area contributed by atoms with Crippen LogP contribution < -0.4 is 27.6 Å². The number of carbonyl (C=O) groups is 5. The fourth-order valence-electron chi connectivity index (χ4n) is 3.32. The molecule has 0 heterocycles. The molecular weight excluding hydrogens is 546 g/mol. The lowest BCUT2D eigenvalue weighted by atomic mass is 10.2. The number of nitrogens with zero attached hydrogens (tertiary/aromatic N) is 2. The van der Waals surface area contributed by atoms with E-state index < -0.39 is 48.0 Å². The minimum atomic E-state index is -1.20. The zero-order chi connectivity index (χ0) is 31.1. The highest BCUT2D eigenvalue weighted by Gasteiger charge is 2.26. The molecule has 0 saturated heterocycles. The highest BCUT2D eigenvalue weighted by Crippen LogP contribution is 2.08. The fourth-order valence-corrected chi connectivity index (χ4v) is 3.32. The Bertz CT molecular complexity index is 1190. The molecule has 14 heteroatoms. The minimum Gasteiger partial charge on any atom is -0.461 e. The van der Waals surface area contributed by atoms with Gasteiger partial charge in [0.15, 0.2) is 0 Å². The summed E-state index contributed by atoms with van der Waals surface area (Å²) in [6.45, 7) is 4.44. The topological polar surface area (TPSA) is 198 Å². The first-order valence-corrected chi connectivity index (χ1v) is 13.2. The number of benzene rings is 2. The Hall–Kier alpha value is -4.69. The largest absolute Gasteiger partial charge is 0.461 e. The van der Waals surface area contributed by atoms with Gasteiger partial charge in [-0.2, -0.15) is 0 Å². The van der Waals surface area contributed by atoms with E-state index in [-0.39, 0.29) is 32.7 Å². The molecule has 0 aromatic heterocycles.